The lowest BCUT2D eigenvalue weighted by Crippen LogP contribution is -2.29. The van der Waals surface area contributed by atoms with Crippen molar-refractivity contribution in [2.45, 2.75) is 33.2 Å². The second-order valence-corrected chi connectivity index (χ2v) is 5.46. The van der Waals surface area contributed by atoms with E-state index < -0.39 is 17.7 Å². The molecule has 0 aliphatic rings. The summed E-state index contributed by atoms with van der Waals surface area (Å²) in [6.45, 7) is 5.86. The van der Waals surface area contributed by atoms with Gasteiger partial charge in [-0.3, -0.25) is 0 Å². The van der Waals surface area contributed by atoms with Crippen LogP contribution >= 0.6 is 15.9 Å². The quantitative estimate of drug-likeness (QED) is 0.832. The number of hydrogen-bond donors (Lipinski definition) is 1. The normalized spacial score (nSPS) is 13.9. The van der Waals surface area contributed by atoms with E-state index in [1.165, 1.54) is 6.07 Å². The summed E-state index contributed by atoms with van der Waals surface area (Å²) in [5.41, 5.74) is 5.95. The van der Waals surface area contributed by atoms with Gasteiger partial charge in [-0.15, -0.1) is 0 Å². The summed E-state index contributed by atoms with van der Waals surface area (Å²) in [5, 5.41) is 0. The van der Waals surface area contributed by atoms with Crippen LogP contribution in [0.1, 0.15) is 38.8 Å². The average Bonchev–Trinajstić information content (AvgIpc) is 2.22. The molecule has 0 spiro atoms. The van der Waals surface area contributed by atoms with Gasteiger partial charge in [0.25, 0.3) is 0 Å². The van der Waals surface area contributed by atoms with Crippen LogP contribution in [0, 0.1) is 17.0 Å². The zero-order valence-corrected chi connectivity index (χ0v) is 11.2. The van der Waals surface area contributed by atoms with Crippen molar-refractivity contribution in [3.05, 3.63) is 33.8 Å². The van der Waals surface area contributed by atoms with Crippen molar-refractivity contribution >= 4 is 15.9 Å². The fraction of sp³-hybridized carbons (Fsp3) is 0.500. The van der Waals surface area contributed by atoms with Gasteiger partial charge in [0.15, 0.2) is 0 Å². The highest BCUT2D eigenvalue weighted by Gasteiger charge is 2.28. The maximum atomic E-state index is 13.7. The monoisotopic (exact) mass is 291 g/mol. The molecule has 0 radical (unpaired) electrons. The highest BCUT2D eigenvalue weighted by Crippen LogP contribution is 2.36. The summed E-state index contributed by atoms with van der Waals surface area (Å²) in [5.74, 6) is -0.957. The molecule has 1 aromatic carbocycles. The molecule has 0 saturated carbocycles. The van der Waals surface area contributed by atoms with Crippen LogP contribution in [0.2, 0.25) is 0 Å². The standard InChI is InChI=1S/C12H16BrF2N/c1-4-12(2,3)11(16)7-5-10(15)8(13)6-9(7)14/h5-6,11H,4,16H2,1-3H3. The van der Waals surface area contributed by atoms with Crippen LogP contribution in [-0.2, 0) is 0 Å². The number of nitrogens with two attached hydrogens (primary N) is 1. The number of hydrogen-bond acceptors (Lipinski definition) is 1. The molecule has 1 unspecified atom stereocenters. The largest absolute Gasteiger partial charge is 0.323 e. The fourth-order valence-electron chi connectivity index (χ4n) is 1.42. The molecule has 0 fully saturated rings. The molecule has 2 N–H and O–H groups in total. The van der Waals surface area contributed by atoms with Crippen LogP contribution in [0.5, 0.6) is 0 Å². The van der Waals surface area contributed by atoms with Crippen LogP contribution in [0.4, 0.5) is 8.78 Å². The summed E-state index contributed by atoms with van der Waals surface area (Å²) < 4.78 is 27.1. The smallest absolute Gasteiger partial charge is 0.137 e. The van der Waals surface area contributed by atoms with Crippen molar-refractivity contribution in [3.63, 3.8) is 0 Å². The van der Waals surface area contributed by atoms with Gasteiger partial charge in [0.05, 0.1) is 4.47 Å². The lowest BCUT2D eigenvalue weighted by Gasteiger charge is -2.31. The van der Waals surface area contributed by atoms with E-state index in [2.05, 4.69) is 15.9 Å². The maximum Gasteiger partial charge on any atom is 0.137 e. The predicted molar refractivity (Wildman–Crippen MR) is 65.1 cm³/mol. The molecule has 4 heteroatoms. The van der Waals surface area contributed by atoms with E-state index >= 15 is 0 Å². The van der Waals surface area contributed by atoms with Crippen LogP contribution in [0.15, 0.2) is 16.6 Å². The molecule has 0 bridgehead atoms. The van der Waals surface area contributed by atoms with Crippen LogP contribution in [0.25, 0.3) is 0 Å². The summed E-state index contributed by atoms with van der Waals surface area (Å²) in [4.78, 5) is 0. The fourth-order valence-corrected chi connectivity index (χ4v) is 1.73. The van der Waals surface area contributed by atoms with E-state index in [0.29, 0.717) is 0 Å². The first-order chi connectivity index (χ1) is 7.29. The molecule has 0 aromatic heterocycles. The molecule has 16 heavy (non-hydrogen) atoms. The zero-order valence-electron chi connectivity index (χ0n) is 9.65. The molecular weight excluding hydrogens is 276 g/mol. The van der Waals surface area contributed by atoms with E-state index in [4.69, 9.17) is 5.73 Å². The van der Waals surface area contributed by atoms with Gasteiger partial charge < -0.3 is 5.73 Å². The summed E-state index contributed by atoms with van der Waals surface area (Å²) in [7, 11) is 0. The number of rotatable bonds is 3. The molecule has 0 heterocycles. The molecule has 0 amide bonds. The molecule has 1 atom stereocenters. The van der Waals surface area contributed by atoms with Gasteiger partial charge in [-0.25, -0.2) is 8.78 Å². The third kappa shape index (κ3) is 2.61. The van der Waals surface area contributed by atoms with Crippen LogP contribution in [0.3, 0.4) is 0 Å². The first-order valence-corrected chi connectivity index (χ1v) is 5.99. The Bertz CT molecular complexity index is 391. The summed E-state index contributed by atoms with van der Waals surface area (Å²) >= 11 is 2.94. The summed E-state index contributed by atoms with van der Waals surface area (Å²) in [6.07, 6.45) is 0.797. The lowest BCUT2D eigenvalue weighted by molar-refractivity contribution is 0.272. The van der Waals surface area contributed by atoms with Gasteiger partial charge in [-0.05, 0) is 39.9 Å². The highest BCUT2D eigenvalue weighted by molar-refractivity contribution is 9.10. The molecule has 0 aliphatic heterocycles. The Kier molecular flexibility index (Phi) is 4.07. The molecule has 0 aliphatic carbocycles. The predicted octanol–water partition coefficient (Wildman–Crippen LogP) is 4.16. The van der Waals surface area contributed by atoms with E-state index in [9.17, 15) is 8.78 Å². The van der Waals surface area contributed by atoms with Crippen molar-refractivity contribution < 1.29 is 8.78 Å². The van der Waals surface area contributed by atoms with E-state index in [1.807, 2.05) is 20.8 Å². The molecule has 1 rings (SSSR count). The molecule has 90 valence electrons. The van der Waals surface area contributed by atoms with E-state index in [0.717, 1.165) is 12.5 Å². The Morgan fingerprint density at radius 2 is 1.88 bits per heavy atom. The lowest BCUT2D eigenvalue weighted by atomic mass is 9.79. The van der Waals surface area contributed by atoms with Crippen molar-refractivity contribution in [2.75, 3.05) is 0 Å². The van der Waals surface area contributed by atoms with Crippen molar-refractivity contribution in [1.29, 1.82) is 0 Å². The minimum atomic E-state index is -0.514. The van der Waals surface area contributed by atoms with Crippen molar-refractivity contribution in [3.8, 4) is 0 Å². The van der Waals surface area contributed by atoms with Crippen LogP contribution < -0.4 is 5.73 Å². The van der Waals surface area contributed by atoms with E-state index in [-0.39, 0.29) is 15.5 Å². The first kappa shape index (κ1) is 13.6. The van der Waals surface area contributed by atoms with Gasteiger partial charge in [0.2, 0.25) is 0 Å². The topological polar surface area (TPSA) is 26.0 Å². The maximum absolute atomic E-state index is 13.7. The first-order valence-electron chi connectivity index (χ1n) is 5.19. The minimum Gasteiger partial charge on any atom is -0.323 e. The minimum absolute atomic E-state index is 0.121. The van der Waals surface area contributed by atoms with Crippen molar-refractivity contribution in [2.24, 2.45) is 11.1 Å². The van der Waals surface area contributed by atoms with Gasteiger partial charge in [0.1, 0.15) is 11.6 Å². The highest BCUT2D eigenvalue weighted by atomic mass is 79.9. The van der Waals surface area contributed by atoms with Crippen LogP contribution in [-0.4, -0.2) is 0 Å². The van der Waals surface area contributed by atoms with Crippen molar-refractivity contribution in [1.82, 2.24) is 0 Å². The summed E-state index contributed by atoms with van der Waals surface area (Å²) in [6, 6.07) is 1.78. The SMILES string of the molecule is CCC(C)(C)C(N)c1cc(F)c(Br)cc1F. The Hall–Kier alpha value is -0.480. The number of halogens is 3. The Morgan fingerprint density at radius 1 is 1.31 bits per heavy atom. The van der Waals surface area contributed by atoms with Gasteiger partial charge in [0, 0.05) is 11.6 Å². The van der Waals surface area contributed by atoms with Gasteiger partial charge in [-0.1, -0.05) is 20.8 Å². The molecule has 0 saturated heterocycles. The third-order valence-corrected chi connectivity index (χ3v) is 3.74. The van der Waals surface area contributed by atoms with E-state index in [1.54, 1.807) is 0 Å². The zero-order chi connectivity index (χ0) is 12.5. The second-order valence-electron chi connectivity index (χ2n) is 4.61. The molecule has 1 aromatic rings. The molecule has 1 nitrogen and oxygen atoms in total. The average molecular weight is 292 g/mol. The van der Waals surface area contributed by atoms with Gasteiger partial charge in [-0.2, -0.15) is 0 Å². The third-order valence-electron chi connectivity index (χ3n) is 3.13. The Morgan fingerprint density at radius 3 is 2.38 bits per heavy atom. The molecular formula is C12H16BrF2N. The Labute approximate surface area is 103 Å². The second kappa shape index (κ2) is 4.80. The Balaban J connectivity index is 3.19. The number of benzene rings is 1. The van der Waals surface area contributed by atoms with Gasteiger partial charge >= 0.3 is 0 Å².